The number of hydrogen-bond acceptors (Lipinski definition) is 6. The molecule has 4 rings (SSSR count). The second-order valence-corrected chi connectivity index (χ2v) is 9.05. The monoisotopic (exact) mass is 463 g/mol. The summed E-state index contributed by atoms with van der Waals surface area (Å²) in [6.45, 7) is 7.81. The van der Waals surface area contributed by atoms with Crippen LogP contribution in [0.5, 0.6) is 5.75 Å². The van der Waals surface area contributed by atoms with Gasteiger partial charge in [-0.05, 0) is 55.5 Å². The fourth-order valence-corrected chi connectivity index (χ4v) is 3.86. The SMILES string of the molecule is CC(C)Oc1ccc(C(=O)Nc2cc(-c3cccs3)nn2-c2nc(C(C)C)cc(=O)[nH]2)cc1. The van der Waals surface area contributed by atoms with Crippen molar-refractivity contribution in [2.75, 3.05) is 5.32 Å². The number of aromatic nitrogens is 4. The molecule has 2 N–H and O–H groups in total. The average Bonchev–Trinajstić information content (AvgIpc) is 3.43. The fraction of sp³-hybridized carbons (Fsp3) is 0.250. The number of thiophene rings is 1. The molecule has 0 atom stereocenters. The van der Waals surface area contributed by atoms with E-state index in [4.69, 9.17) is 4.74 Å². The molecule has 33 heavy (non-hydrogen) atoms. The van der Waals surface area contributed by atoms with Crippen LogP contribution >= 0.6 is 11.3 Å². The number of rotatable bonds is 7. The van der Waals surface area contributed by atoms with Crippen LogP contribution in [0.1, 0.15) is 49.7 Å². The maximum absolute atomic E-state index is 13.0. The van der Waals surface area contributed by atoms with Crippen LogP contribution in [0, 0.1) is 0 Å². The van der Waals surface area contributed by atoms with Crippen LogP contribution < -0.4 is 15.6 Å². The summed E-state index contributed by atoms with van der Waals surface area (Å²) < 4.78 is 7.10. The highest BCUT2D eigenvalue weighted by Crippen LogP contribution is 2.28. The number of aromatic amines is 1. The highest BCUT2D eigenvalue weighted by Gasteiger charge is 2.18. The highest BCUT2D eigenvalue weighted by atomic mass is 32.1. The average molecular weight is 464 g/mol. The summed E-state index contributed by atoms with van der Waals surface area (Å²) in [5, 5.41) is 9.47. The molecule has 0 aliphatic heterocycles. The maximum atomic E-state index is 13.0. The Morgan fingerprint density at radius 3 is 2.52 bits per heavy atom. The molecule has 0 saturated heterocycles. The van der Waals surface area contributed by atoms with Crippen molar-refractivity contribution in [2.24, 2.45) is 0 Å². The number of ether oxygens (including phenoxy) is 1. The molecule has 4 aromatic rings. The zero-order chi connectivity index (χ0) is 23.5. The first-order valence-corrected chi connectivity index (χ1v) is 11.5. The first-order chi connectivity index (χ1) is 15.8. The molecular formula is C24H25N5O3S. The van der Waals surface area contributed by atoms with Gasteiger partial charge in [-0.3, -0.25) is 14.6 Å². The van der Waals surface area contributed by atoms with Gasteiger partial charge in [-0.25, -0.2) is 4.98 Å². The third-order valence-corrected chi connectivity index (χ3v) is 5.65. The third kappa shape index (κ3) is 5.20. The van der Waals surface area contributed by atoms with Crippen LogP contribution in [0.3, 0.4) is 0 Å². The zero-order valence-electron chi connectivity index (χ0n) is 18.8. The minimum Gasteiger partial charge on any atom is -0.491 e. The van der Waals surface area contributed by atoms with E-state index < -0.39 is 0 Å². The van der Waals surface area contributed by atoms with E-state index in [2.05, 4.69) is 20.4 Å². The number of nitrogens with one attached hydrogen (secondary N) is 2. The van der Waals surface area contributed by atoms with Crippen LogP contribution in [0.15, 0.2) is 58.7 Å². The molecule has 3 heterocycles. The van der Waals surface area contributed by atoms with Crippen LogP contribution in [-0.2, 0) is 0 Å². The highest BCUT2D eigenvalue weighted by molar-refractivity contribution is 7.13. The third-order valence-electron chi connectivity index (χ3n) is 4.75. The molecule has 0 unspecified atom stereocenters. The van der Waals surface area contributed by atoms with Crippen LogP contribution in [0.4, 0.5) is 5.82 Å². The van der Waals surface area contributed by atoms with Gasteiger partial charge in [0.25, 0.3) is 11.5 Å². The normalized spacial score (nSPS) is 11.2. The lowest BCUT2D eigenvalue weighted by atomic mass is 10.1. The van der Waals surface area contributed by atoms with E-state index in [-0.39, 0.29) is 29.4 Å². The molecule has 0 aliphatic carbocycles. The molecule has 170 valence electrons. The molecule has 0 fully saturated rings. The Hall–Kier alpha value is -3.72. The molecule has 0 spiro atoms. The molecule has 0 bridgehead atoms. The van der Waals surface area contributed by atoms with Gasteiger partial charge >= 0.3 is 0 Å². The smallest absolute Gasteiger partial charge is 0.256 e. The lowest BCUT2D eigenvalue weighted by Gasteiger charge is -2.11. The van der Waals surface area contributed by atoms with Gasteiger partial charge in [-0.2, -0.15) is 9.78 Å². The summed E-state index contributed by atoms with van der Waals surface area (Å²) >= 11 is 1.53. The summed E-state index contributed by atoms with van der Waals surface area (Å²) in [4.78, 5) is 33.5. The summed E-state index contributed by atoms with van der Waals surface area (Å²) in [5.41, 5.74) is 1.49. The van der Waals surface area contributed by atoms with Crippen molar-refractivity contribution in [3.05, 3.63) is 75.5 Å². The van der Waals surface area contributed by atoms with E-state index in [1.165, 1.54) is 22.1 Å². The second kappa shape index (κ2) is 9.41. The lowest BCUT2D eigenvalue weighted by Crippen LogP contribution is -2.19. The molecule has 3 aromatic heterocycles. The van der Waals surface area contributed by atoms with Gasteiger partial charge < -0.3 is 10.1 Å². The zero-order valence-corrected chi connectivity index (χ0v) is 19.6. The van der Waals surface area contributed by atoms with Gasteiger partial charge in [0.1, 0.15) is 17.3 Å². The standard InChI is InChI=1S/C24H25N5O3S/c1-14(2)18-13-22(30)27-24(25-18)29-21(12-19(28-29)20-6-5-11-33-20)26-23(31)16-7-9-17(10-8-16)32-15(3)4/h5-15H,1-4H3,(H,26,31)(H,25,27,30). The number of anilines is 1. The maximum Gasteiger partial charge on any atom is 0.256 e. The molecule has 0 aliphatic rings. The molecular weight excluding hydrogens is 438 g/mol. The number of carbonyl (C=O) groups excluding carboxylic acids is 1. The van der Waals surface area contributed by atoms with Crippen molar-refractivity contribution in [1.82, 2.24) is 19.7 Å². The Labute approximate surface area is 195 Å². The van der Waals surface area contributed by atoms with Gasteiger partial charge in [0.15, 0.2) is 0 Å². The number of amides is 1. The van der Waals surface area contributed by atoms with Crippen molar-refractivity contribution in [3.8, 4) is 22.3 Å². The number of benzene rings is 1. The fourth-order valence-electron chi connectivity index (χ4n) is 3.18. The molecule has 8 nitrogen and oxygen atoms in total. The summed E-state index contributed by atoms with van der Waals surface area (Å²) in [6, 6.07) is 14.0. The quantitative estimate of drug-likeness (QED) is 0.408. The first kappa shape index (κ1) is 22.5. The molecule has 1 aromatic carbocycles. The number of nitrogens with zero attached hydrogens (tertiary/aromatic N) is 3. The number of carbonyl (C=O) groups is 1. The lowest BCUT2D eigenvalue weighted by molar-refractivity contribution is 0.102. The Bertz CT molecular complexity index is 1300. The summed E-state index contributed by atoms with van der Waals surface area (Å²) in [6.07, 6.45) is 0.0472. The van der Waals surface area contributed by atoms with Crippen LogP contribution in [0.2, 0.25) is 0 Å². The van der Waals surface area contributed by atoms with E-state index in [1.54, 1.807) is 30.3 Å². The minimum absolute atomic E-state index is 0.0472. The molecule has 1 amide bonds. The van der Waals surface area contributed by atoms with Crippen molar-refractivity contribution < 1.29 is 9.53 Å². The number of hydrogen-bond donors (Lipinski definition) is 2. The number of H-pyrrole nitrogens is 1. The van der Waals surface area contributed by atoms with Crippen molar-refractivity contribution in [2.45, 2.75) is 39.7 Å². The van der Waals surface area contributed by atoms with Gasteiger partial charge in [0.05, 0.1) is 16.7 Å². The largest absolute Gasteiger partial charge is 0.491 e. The van der Waals surface area contributed by atoms with Crippen molar-refractivity contribution in [1.29, 1.82) is 0 Å². The summed E-state index contributed by atoms with van der Waals surface area (Å²) in [7, 11) is 0. The van der Waals surface area contributed by atoms with Gasteiger partial charge in [0.2, 0.25) is 5.95 Å². The minimum atomic E-state index is -0.313. The van der Waals surface area contributed by atoms with Crippen LogP contribution in [-0.4, -0.2) is 31.8 Å². The second-order valence-electron chi connectivity index (χ2n) is 8.10. The van der Waals surface area contributed by atoms with Crippen molar-refractivity contribution in [3.63, 3.8) is 0 Å². The van der Waals surface area contributed by atoms with E-state index in [0.29, 0.717) is 28.5 Å². The molecule has 0 radical (unpaired) electrons. The Morgan fingerprint density at radius 1 is 1.12 bits per heavy atom. The van der Waals surface area contributed by atoms with E-state index in [1.807, 2.05) is 45.2 Å². The van der Waals surface area contributed by atoms with Crippen molar-refractivity contribution >= 4 is 23.1 Å². The van der Waals surface area contributed by atoms with Crippen LogP contribution in [0.25, 0.3) is 16.5 Å². The Morgan fingerprint density at radius 2 is 1.88 bits per heavy atom. The molecule has 9 heteroatoms. The van der Waals surface area contributed by atoms with E-state index in [9.17, 15) is 9.59 Å². The Balaban J connectivity index is 1.70. The van der Waals surface area contributed by atoms with E-state index >= 15 is 0 Å². The van der Waals surface area contributed by atoms with Gasteiger partial charge in [-0.15, -0.1) is 11.3 Å². The first-order valence-electron chi connectivity index (χ1n) is 10.6. The summed E-state index contributed by atoms with van der Waals surface area (Å²) in [5.74, 6) is 1.08. The predicted molar refractivity (Wildman–Crippen MR) is 130 cm³/mol. The molecule has 0 saturated carbocycles. The van der Waals surface area contributed by atoms with Gasteiger partial charge in [0, 0.05) is 17.7 Å². The topological polar surface area (TPSA) is 102 Å². The Kier molecular flexibility index (Phi) is 6.41. The van der Waals surface area contributed by atoms with Gasteiger partial charge in [-0.1, -0.05) is 19.9 Å². The van der Waals surface area contributed by atoms with E-state index in [0.717, 1.165) is 4.88 Å². The predicted octanol–water partition coefficient (Wildman–Crippen LogP) is 4.85.